The molecular weight excluding hydrogens is 379 g/mol. The molecule has 9 heteroatoms. The first-order valence-corrected chi connectivity index (χ1v) is 10.4. The van der Waals surface area contributed by atoms with Crippen molar-refractivity contribution in [2.45, 2.75) is 30.3 Å². The first kappa shape index (κ1) is 19.0. The maximum Gasteiger partial charge on any atom is 0.243 e. The van der Waals surface area contributed by atoms with Gasteiger partial charge in [0.2, 0.25) is 10.0 Å². The van der Waals surface area contributed by atoms with Gasteiger partial charge in [-0.05, 0) is 42.5 Å². The molecular formula is C17H19FN2O4S2. The normalized spacial score (nSPS) is 19.1. The van der Waals surface area contributed by atoms with Crippen molar-refractivity contribution in [1.82, 2.24) is 4.31 Å². The number of hydrogen-bond acceptors (Lipinski definition) is 6. The minimum atomic E-state index is -3.71. The SMILES string of the molecule is CN(CCc1ccc(F)cc1)S(=O)(=O)c1csc2c1CCC(O)/C2=N/O. The van der Waals surface area contributed by atoms with E-state index in [9.17, 15) is 17.9 Å². The maximum absolute atomic E-state index is 13.0. The van der Waals surface area contributed by atoms with Crippen molar-refractivity contribution in [3.8, 4) is 0 Å². The quantitative estimate of drug-likeness (QED) is 0.597. The number of aliphatic hydroxyl groups is 1. The molecule has 0 spiro atoms. The van der Waals surface area contributed by atoms with E-state index < -0.39 is 16.1 Å². The Morgan fingerprint density at radius 1 is 1.35 bits per heavy atom. The van der Waals surface area contributed by atoms with Crippen LogP contribution < -0.4 is 0 Å². The molecule has 0 fully saturated rings. The molecule has 3 rings (SSSR count). The summed E-state index contributed by atoms with van der Waals surface area (Å²) in [6.45, 7) is 0.252. The third kappa shape index (κ3) is 3.52. The van der Waals surface area contributed by atoms with Gasteiger partial charge in [0.1, 0.15) is 17.6 Å². The van der Waals surface area contributed by atoms with Gasteiger partial charge in [-0.3, -0.25) is 0 Å². The van der Waals surface area contributed by atoms with Gasteiger partial charge in [0.25, 0.3) is 0 Å². The van der Waals surface area contributed by atoms with Crippen LogP contribution in [0.3, 0.4) is 0 Å². The first-order chi connectivity index (χ1) is 12.3. The van der Waals surface area contributed by atoms with Gasteiger partial charge in [0.05, 0.1) is 9.77 Å². The summed E-state index contributed by atoms with van der Waals surface area (Å²) in [6.07, 6.45) is 0.284. The van der Waals surface area contributed by atoms with Crippen molar-refractivity contribution in [3.05, 3.63) is 51.5 Å². The summed E-state index contributed by atoms with van der Waals surface area (Å²) in [5.41, 5.74) is 1.55. The van der Waals surface area contributed by atoms with Gasteiger partial charge >= 0.3 is 0 Å². The van der Waals surface area contributed by atoms with Crippen molar-refractivity contribution in [3.63, 3.8) is 0 Å². The number of fused-ring (bicyclic) bond motifs is 1. The number of oxime groups is 1. The van der Waals surface area contributed by atoms with Crippen molar-refractivity contribution in [2.24, 2.45) is 5.16 Å². The molecule has 1 aliphatic carbocycles. The first-order valence-electron chi connectivity index (χ1n) is 8.06. The summed E-state index contributed by atoms with van der Waals surface area (Å²) < 4.78 is 40.1. The van der Waals surface area contributed by atoms with Gasteiger partial charge in [-0.2, -0.15) is 0 Å². The number of nitrogens with zero attached hydrogens (tertiary/aromatic N) is 2. The Hall–Kier alpha value is -1.81. The number of benzene rings is 1. The van der Waals surface area contributed by atoms with Gasteiger partial charge in [-0.1, -0.05) is 17.3 Å². The van der Waals surface area contributed by atoms with Crippen LogP contribution in [-0.4, -0.2) is 48.4 Å². The van der Waals surface area contributed by atoms with E-state index in [0.717, 1.165) is 16.9 Å². The monoisotopic (exact) mass is 398 g/mol. The van der Waals surface area contributed by atoms with Crippen molar-refractivity contribution >= 4 is 27.1 Å². The Morgan fingerprint density at radius 3 is 2.69 bits per heavy atom. The van der Waals surface area contributed by atoms with Crippen LogP contribution >= 0.6 is 11.3 Å². The Kier molecular flexibility index (Phi) is 5.42. The Morgan fingerprint density at radius 2 is 2.04 bits per heavy atom. The minimum Gasteiger partial charge on any atom is -0.411 e. The number of halogens is 1. The zero-order chi connectivity index (χ0) is 18.9. The topological polar surface area (TPSA) is 90.2 Å². The second-order valence-corrected chi connectivity index (χ2v) is 9.04. The average Bonchev–Trinajstić information content (AvgIpc) is 3.05. The molecule has 1 aliphatic rings. The highest BCUT2D eigenvalue weighted by Gasteiger charge is 2.33. The van der Waals surface area contributed by atoms with Gasteiger partial charge in [0, 0.05) is 19.0 Å². The van der Waals surface area contributed by atoms with Crippen LogP contribution in [0, 0.1) is 5.82 Å². The van der Waals surface area contributed by atoms with E-state index in [0.29, 0.717) is 29.7 Å². The Labute approximate surface area is 155 Å². The summed E-state index contributed by atoms with van der Waals surface area (Å²) >= 11 is 1.15. The maximum atomic E-state index is 13.0. The number of aliphatic hydroxyl groups excluding tert-OH is 1. The molecule has 1 atom stereocenters. The van der Waals surface area contributed by atoms with E-state index in [4.69, 9.17) is 5.21 Å². The largest absolute Gasteiger partial charge is 0.411 e. The molecule has 0 saturated carbocycles. The van der Waals surface area contributed by atoms with E-state index in [2.05, 4.69) is 5.16 Å². The summed E-state index contributed by atoms with van der Waals surface area (Å²) in [7, 11) is -2.21. The van der Waals surface area contributed by atoms with Crippen LogP contribution in [0.15, 0.2) is 39.7 Å². The fourth-order valence-corrected chi connectivity index (χ4v) is 5.84. The van der Waals surface area contributed by atoms with E-state index in [1.54, 1.807) is 12.1 Å². The van der Waals surface area contributed by atoms with Crippen LogP contribution in [0.1, 0.15) is 22.4 Å². The van der Waals surface area contributed by atoms with E-state index in [1.165, 1.54) is 28.9 Å². The van der Waals surface area contributed by atoms with Gasteiger partial charge in [0.15, 0.2) is 0 Å². The molecule has 2 N–H and O–H groups in total. The highest BCUT2D eigenvalue weighted by molar-refractivity contribution is 7.89. The van der Waals surface area contributed by atoms with Gasteiger partial charge in [-0.25, -0.2) is 17.1 Å². The van der Waals surface area contributed by atoms with Crippen LogP contribution in [0.25, 0.3) is 0 Å². The molecule has 140 valence electrons. The third-order valence-electron chi connectivity index (χ3n) is 4.50. The summed E-state index contributed by atoms with van der Waals surface area (Å²) in [5.74, 6) is -0.330. The summed E-state index contributed by atoms with van der Waals surface area (Å²) in [4.78, 5) is 0.698. The number of rotatable bonds is 5. The molecule has 1 unspecified atom stereocenters. The highest BCUT2D eigenvalue weighted by Crippen LogP contribution is 2.34. The van der Waals surface area contributed by atoms with Crippen LogP contribution in [0.2, 0.25) is 0 Å². The molecule has 1 aromatic carbocycles. The average molecular weight is 398 g/mol. The standard InChI is InChI=1S/C17H19FN2O4S2/c1-20(9-8-11-2-4-12(18)5-3-11)26(23,24)15-10-25-17-13(15)6-7-14(21)16(17)19-22/h2-5,10,14,21-22H,6-9H2,1H3/b19-16-. The van der Waals surface area contributed by atoms with E-state index >= 15 is 0 Å². The van der Waals surface area contributed by atoms with Gasteiger partial charge < -0.3 is 10.3 Å². The molecule has 2 aromatic rings. The molecule has 1 heterocycles. The molecule has 1 aromatic heterocycles. The number of hydrogen-bond donors (Lipinski definition) is 2. The van der Waals surface area contributed by atoms with Crippen molar-refractivity contribution in [2.75, 3.05) is 13.6 Å². The van der Waals surface area contributed by atoms with Crippen LogP contribution in [0.4, 0.5) is 4.39 Å². The third-order valence-corrected chi connectivity index (χ3v) is 7.61. The number of thiophene rings is 1. The predicted octanol–water partition coefficient (Wildman–Crippen LogP) is 2.24. The molecule has 6 nitrogen and oxygen atoms in total. The Balaban J connectivity index is 1.81. The number of likely N-dealkylation sites (N-methyl/N-ethyl adjacent to an activating group) is 1. The van der Waals surface area contributed by atoms with Crippen LogP contribution in [0.5, 0.6) is 0 Å². The van der Waals surface area contributed by atoms with E-state index in [-0.39, 0.29) is 23.0 Å². The molecule has 0 bridgehead atoms. The molecule has 0 amide bonds. The summed E-state index contributed by atoms with van der Waals surface area (Å²) in [5, 5.41) is 23.7. The smallest absolute Gasteiger partial charge is 0.243 e. The lowest BCUT2D eigenvalue weighted by Crippen LogP contribution is -2.31. The lowest BCUT2D eigenvalue weighted by molar-refractivity contribution is 0.218. The van der Waals surface area contributed by atoms with Crippen LogP contribution in [-0.2, 0) is 22.9 Å². The second kappa shape index (κ2) is 7.43. The zero-order valence-corrected chi connectivity index (χ0v) is 15.7. The second-order valence-electron chi connectivity index (χ2n) is 6.15. The fourth-order valence-electron chi connectivity index (χ4n) is 2.94. The van der Waals surface area contributed by atoms with Crippen molar-refractivity contribution in [1.29, 1.82) is 0 Å². The molecule has 0 aliphatic heterocycles. The predicted molar refractivity (Wildman–Crippen MR) is 96.9 cm³/mol. The lowest BCUT2D eigenvalue weighted by Gasteiger charge is -2.21. The minimum absolute atomic E-state index is 0.117. The molecule has 26 heavy (non-hydrogen) atoms. The fraction of sp³-hybridized carbons (Fsp3) is 0.353. The number of sulfonamides is 1. The van der Waals surface area contributed by atoms with Gasteiger partial charge in [-0.15, -0.1) is 11.3 Å². The lowest BCUT2D eigenvalue weighted by atomic mass is 9.95. The summed E-state index contributed by atoms with van der Waals surface area (Å²) in [6, 6.07) is 5.96. The van der Waals surface area contributed by atoms with E-state index in [1.807, 2.05) is 0 Å². The zero-order valence-electron chi connectivity index (χ0n) is 14.1. The van der Waals surface area contributed by atoms with Crippen molar-refractivity contribution < 1.29 is 23.1 Å². The Bertz CT molecular complexity index is 923. The highest BCUT2D eigenvalue weighted by atomic mass is 32.2. The molecule has 0 saturated heterocycles. The molecule has 0 radical (unpaired) electrons.